The van der Waals surface area contributed by atoms with Crippen LogP contribution in [0.15, 0.2) is 88.5 Å². The molecular weight excluding hydrogens is 492 g/mol. The normalized spacial score (nSPS) is 15.5. The van der Waals surface area contributed by atoms with E-state index >= 15 is 0 Å². The highest BCUT2D eigenvalue weighted by Crippen LogP contribution is 2.42. The van der Waals surface area contributed by atoms with Gasteiger partial charge >= 0.3 is 0 Å². The summed E-state index contributed by atoms with van der Waals surface area (Å²) < 4.78 is 11.5. The number of nitriles is 1. The summed E-state index contributed by atoms with van der Waals surface area (Å²) in [4.78, 5) is 28.4. The number of halogens is 1. The summed E-state index contributed by atoms with van der Waals surface area (Å²) in [6, 6.07) is 20.9. The number of ketones is 1. The van der Waals surface area contributed by atoms with Crippen molar-refractivity contribution in [3.05, 3.63) is 106 Å². The van der Waals surface area contributed by atoms with Gasteiger partial charge in [-0.15, -0.1) is 0 Å². The number of carbonyl (C=O) groups is 2. The van der Waals surface area contributed by atoms with Gasteiger partial charge in [-0.3, -0.25) is 14.5 Å². The van der Waals surface area contributed by atoms with Crippen LogP contribution in [0.3, 0.4) is 0 Å². The number of rotatable bonds is 6. The number of fused-ring (bicyclic) bond motifs is 1. The molecule has 2 heterocycles. The maximum atomic E-state index is 13.7. The zero-order valence-corrected chi connectivity index (χ0v) is 20.7. The van der Waals surface area contributed by atoms with E-state index in [4.69, 9.17) is 20.8 Å². The number of ether oxygens (including phenoxy) is 1. The molecule has 1 amide bonds. The molecule has 0 bridgehead atoms. The molecule has 0 radical (unpaired) electrons. The molecule has 8 heteroatoms. The molecule has 7 nitrogen and oxygen atoms in total. The molecule has 0 saturated carbocycles. The van der Waals surface area contributed by atoms with Crippen LogP contribution in [0, 0.1) is 11.3 Å². The molecule has 1 aliphatic rings. The predicted octanol–water partition coefficient (Wildman–Crippen LogP) is 6.53. The van der Waals surface area contributed by atoms with E-state index in [9.17, 15) is 20.0 Å². The number of carbonyl (C=O) groups excluding carboxylic acids is 2. The zero-order chi connectivity index (χ0) is 26.3. The van der Waals surface area contributed by atoms with Crippen molar-refractivity contribution in [1.29, 1.82) is 5.26 Å². The van der Waals surface area contributed by atoms with Crippen LogP contribution < -0.4 is 9.64 Å². The zero-order valence-electron chi connectivity index (χ0n) is 19.9. The van der Waals surface area contributed by atoms with Crippen LogP contribution in [0.4, 0.5) is 5.69 Å². The van der Waals surface area contributed by atoms with Crippen LogP contribution >= 0.6 is 11.6 Å². The van der Waals surface area contributed by atoms with E-state index in [1.165, 1.54) is 11.0 Å². The number of furan rings is 1. The Morgan fingerprint density at radius 3 is 2.43 bits per heavy atom. The second kappa shape index (κ2) is 9.49. The SMILES string of the molecule is CC(C)Oc1ccc(C2C(C(=O)c3cc4cc(Cl)ccc4o3)=C(O)C(=O)N2c2ccc(C#N)cc2)cc1. The maximum absolute atomic E-state index is 13.7. The van der Waals surface area contributed by atoms with Crippen molar-refractivity contribution in [1.82, 2.24) is 0 Å². The molecule has 1 aromatic heterocycles. The third-order valence-electron chi connectivity index (χ3n) is 6.00. The largest absolute Gasteiger partial charge is 0.503 e. The topological polar surface area (TPSA) is 104 Å². The Morgan fingerprint density at radius 2 is 1.78 bits per heavy atom. The number of Topliss-reactive ketones (excluding diaryl/α,β-unsaturated/α-hetero) is 1. The molecule has 1 unspecified atom stereocenters. The van der Waals surface area contributed by atoms with Gasteiger partial charge < -0.3 is 14.3 Å². The van der Waals surface area contributed by atoms with E-state index in [0.717, 1.165) is 0 Å². The minimum absolute atomic E-state index is 0.0296. The molecule has 0 saturated heterocycles. The van der Waals surface area contributed by atoms with Gasteiger partial charge in [-0.2, -0.15) is 5.26 Å². The molecule has 5 rings (SSSR count). The van der Waals surface area contributed by atoms with Gasteiger partial charge in [0.15, 0.2) is 11.5 Å². The van der Waals surface area contributed by atoms with E-state index in [-0.39, 0.29) is 17.4 Å². The lowest BCUT2D eigenvalue weighted by Gasteiger charge is -2.27. The molecule has 0 fully saturated rings. The quantitative estimate of drug-likeness (QED) is 0.295. The van der Waals surface area contributed by atoms with E-state index in [1.807, 2.05) is 19.9 Å². The summed E-state index contributed by atoms with van der Waals surface area (Å²) in [5.41, 5.74) is 1.75. The highest BCUT2D eigenvalue weighted by molar-refractivity contribution is 6.31. The highest BCUT2D eigenvalue weighted by atomic mass is 35.5. The Morgan fingerprint density at radius 1 is 1.08 bits per heavy atom. The molecular formula is C29H21ClN2O5. The fourth-order valence-corrected chi connectivity index (χ4v) is 4.56. The molecule has 0 spiro atoms. The predicted molar refractivity (Wildman–Crippen MR) is 139 cm³/mol. The van der Waals surface area contributed by atoms with Crippen LogP contribution in [0.25, 0.3) is 11.0 Å². The lowest BCUT2D eigenvalue weighted by Crippen LogP contribution is -2.31. The number of anilines is 1. The van der Waals surface area contributed by atoms with Gasteiger partial charge in [-0.1, -0.05) is 23.7 Å². The van der Waals surface area contributed by atoms with Gasteiger partial charge in [0.1, 0.15) is 11.3 Å². The Bertz CT molecular complexity index is 1590. The third-order valence-corrected chi connectivity index (χ3v) is 6.23. The summed E-state index contributed by atoms with van der Waals surface area (Å²) in [5.74, 6) is -1.43. The summed E-state index contributed by atoms with van der Waals surface area (Å²) >= 11 is 6.08. The number of benzene rings is 3. The van der Waals surface area contributed by atoms with Crippen molar-refractivity contribution in [2.75, 3.05) is 4.90 Å². The Hall–Kier alpha value is -4.54. The molecule has 1 N–H and O–H groups in total. The molecule has 0 aliphatic carbocycles. The van der Waals surface area contributed by atoms with Crippen molar-refractivity contribution in [2.45, 2.75) is 26.0 Å². The average molecular weight is 513 g/mol. The minimum atomic E-state index is -0.946. The van der Waals surface area contributed by atoms with Crippen LogP contribution in [0.1, 0.15) is 41.6 Å². The number of nitrogens with zero attached hydrogens (tertiary/aromatic N) is 2. The van der Waals surface area contributed by atoms with Crippen molar-refractivity contribution >= 4 is 39.9 Å². The number of amides is 1. The molecule has 1 atom stereocenters. The first-order chi connectivity index (χ1) is 17.8. The van der Waals surface area contributed by atoms with E-state index < -0.39 is 23.5 Å². The van der Waals surface area contributed by atoms with Gasteiger partial charge in [0, 0.05) is 16.1 Å². The monoisotopic (exact) mass is 512 g/mol. The smallest absolute Gasteiger partial charge is 0.294 e. The second-order valence-electron chi connectivity index (χ2n) is 8.86. The number of hydrogen-bond acceptors (Lipinski definition) is 6. The maximum Gasteiger partial charge on any atom is 0.294 e. The first-order valence-corrected chi connectivity index (χ1v) is 11.9. The standard InChI is InChI=1S/C29H21ClN2O5/c1-16(2)36-22-10-5-18(6-11-22)26-25(27(33)24-14-19-13-20(30)7-12-23(19)37-24)28(34)29(35)32(26)21-8-3-17(15-31)4-9-21/h3-14,16,26,34H,1-2H3. The lowest BCUT2D eigenvalue weighted by atomic mass is 9.94. The van der Waals surface area contributed by atoms with Crippen LogP contribution in [0.2, 0.25) is 5.02 Å². The fraction of sp³-hybridized carbons (Fsp3) is 0.138. The third kappa shape index (κ3) is 4.44. The molecule has 184 valence electrons. The molecule has 37 heavy (non-hydrogen) atoms. The molecule has 1 aliphatic heterocycles. The fourth-order valence-electron chi connectivity index (χ4n) is 4.38. The van der Waals surface area contributed by atoms with Crippen LogP contribution in [-0.4, -0.2) is 22.9 Å². The molecule has 3 aromatic carbocycles. The van der Waals surface area contributed by atoms with Crippen molar-refractivity contribution < 1.29 is 23.8 Å². The van der Waals surface area contributed by atoms with Crippen molar-refractivity contribution in [2.24, 2.45) is 0 Å². The van der Waals surface area contributed by atoms with Crippen LogP contribution in [-0.2, 0) is 4.79 Å². The van der Waals surface area contributed by atoms with Crippen LogP contribution in [0.5, 0.6) is 5.75 Å². The van der Waals surface area contributed by atoms with Gasteiger partial charge in [0.2, 0.25) is 5.78 Å². The summed E-state index contributed by atoms with van der Waals surface area (Å²) in [6.07, 6.45) is -0.0308. The Kier molecular flexibility index (Phi) is 6.20. The summed E-state index contributed by atoms with van der Waals surface area (Å²) in [5, 5.41) is 21.3. The van der Waals surface area contributed by atoms with E-state index in [0.29, 0.717) is 38.6 Å². The van der Waals surface area contributed by atoms with Gasteiger partial charge in [0.25, 0.3) is 5.91 Å². The van der Waals surface area contributed by atoms with E-state index in [1.54, 1.807) is 66.7 Å². The minimum Gasteiger partial charge on any atom is -0.503 e. The summed E-state index contributed by atoms with van der Waals surface area (Å²) in [6.45, 7) is 3.82. The second-order valence-corrected chi connectivity index (χ2v) is 9.29. The lowest BCUT2D eigenvalue weighted by molar-refractivity contribution is -0.117. The number of aliphatic hydroxyl groups excluding tert-OH is 1. The summed E-state index contributed by atoms with van der Waals surface area (Å²) in [7, 11) is 0. The number of hydrogen-bond donors (Lipinski definition) is 1. The first kappa shape index (κ1) is 24.2. The van der Waals surface area contributed by atoms with Gasteiger partial charge in [0.05, 0.1) is 29.4 Å². The van der Waals surface area contributed by atoms with E-state index in [2.05, 4.69) is 0 Å². The first-order valence-electron chi connectivity index (χ1n) is 11.5. The van der Waals surface area contributed by atoms with Crippen molar-refractivity contribution in [3.63, 3.8) is 0 Å². The Balaban J connectivity index is 1.62. The molecule has 4 aromatic rings. The number of aliphatic hydroxyl groups is 1. The highest BCUT2D eigenvalue weighted by Gasteiger charge is 2.45. The van der Waals surface area contributed by atoms with Gasteiger partial charge in [-0.05, 0) is 80.1 Å². The Labute approximate surface area is 217 Å². The van der Waals surface area contributed by atoms with Gasteiger partial charge in [-0.25, -0.2) is 0 Å². The van der Waals surface area contributed by atoms with Crippen molar-refractivity contribution in [3.8, 4) is 11.8 Å². The average Bonchev–Trinajstić information content (AvgIpc) is 3.42.